The number of allylic oxidation sites excluding steroid dienone is 2. The molecule has 2 amide bonds. The number of rotatable bonds is 4. The van der Waals surface area contributed by atoms with E-state index in [-0.39, 0.29) is 35.5 Å². The minimum absolute atomic E-state index is 0.0979. The highest BCUT2D eigenvalue weighted by molar-refractivity contribution is 6.22. The zero-order valence-corrected chi connectivity index (χ0v) is 20.8. The number of ether oxygens (including phenoxy) is 1. The lowest BCUT2D eigenvalue weighted by molar-refractivity contribution is -0.124. The molecule has 8 rings (SSSR count). The molecule has 184 valence electrons. The van der Waals surface area contributed by atoms with Gasteiger partial charge >= 0.3 is 5.97 Å². The van der Waals surface area contributed by atoms with Crippen LogP contribution < -0.4 is 9.64 Å². The van der Waals surface area contributed by atoms with E-state index in [0.29, 0.717) is 28.8 Å². The van der Waals surface area contributed by atoms with Crippen molar-refractivity contribution in [2.75, 3.05) is 4.90 Å². The Balaban J connectivity index is 1.07. The summed E-state index contributed by atoms with van der Waals surface area (Å²) >= 11 is 0. The molecule has 3 fully saturated rings. The quantitative estimate of drug-likeness (QED) is 0.203. The fourth-order valence-electron chi connectivity index (χ4n) is 6.81. The Hall–Kier alpha value is -3.99. The SMILES string of the molecule is Cc1ccc(-c2ccc(OC(=O)c3ccc(N4C(=O)[C@@H]5[C@H]6C=C[C@H]([C@H]7C[C@H]67)[C@@H]5C4=O)cc3)c(C)c2)cc1. The van der Waals surface area contributed by atoms with Crippen molar-refractivity contribution in [3.05, 3.63) is 95.6 Å². The van der Waals surface area contributed by atoms with Gasteiger partial charge in [-0.3, -0.25) is 14.5 Å². The first-order chi connectivity index (χ1) is 17.9. The minimum atomic E-state index is -0.479. The number of hydrogen-bond donors (Lipinski definition) is 0. The number of anilines is 1. The Labute approximate surface area is 215 Å². The molecule has 0 N–H and O–H groups in total. The predicted octanol–water partition coefficient (Wildman–Crippen LogP) is 5.75. The van der Waals surface area contributed by atoms with E-state index in [0.717, 1.165) is 23.1 Å². The van der Waals surface area contributed by atoms with Gasteiger partial charge in [-0.05, 0) is 97.0 Å². The van der Waals surface area contributed by atoms with Crippen LogP contribution in [-0.4, -0.2) is 17.8 Å². The minimum Gasteiger partial charge on any atom is -0.423 e. The van der Waals surface area contributed by atoms with Crippen LogP contribution >= 0.6 is 0 Å². The zero-order valence-electron chi connectivity index (χ0n) is 20.8. The zero-order chi connectivity index (χ0) is 25.4. The van der Waals surface area contributed by atoms with Gasteiger partial charge in [0.2, 0.25) is 11.8 Å². The van der Waals surface area contributed by atoms with E-state index in [1.807, 2.05) is 25.1 Å². The fourth-order valence-corrected chi connectivity index (χ4v) is 6.81. The lowest BCUT2D eigenvalue weighted by Gasteiger charge is -2.37. The van der Waals surface area contributed by atoms with Crippen molar-refractivity contribution < 1.29 is 19.1 Å². The van der Waals surface area contributed by atoms with E-state index in [4.69, 9.17) is 4.74 Å². The van der Waals surface area contributed by atoms with Crippen molar-refractivity contribution in [2.24, 2.45) is 35.5 Å². The first-order valence-electron chi connectivity index (χ1n) is 13.0. The Morgan fingerprint density at radius 2 is 1.38 bits per heavy atom. The number of carbonyl (C=O) groups excluding carboxylic acids is 3. The number of amides is 2. The molecule has 2 saturated carbocycles. The van der Waals surface area contributed by atoms with E-state index >= 15 is 0 Å². The number of nitrogens with zero attached hydrogens (tertiary/aromatic N) is 1. The Morgan fingerprint density at radius 1 is 0.784 bits per heavy atom. The van der Waals surface area contributed by atoms with Crippen molar-refractivity contribution in [3.63, 3.8) is 0 Å². The lowest BCUT2D eigenvalue weighted by atomic mass is 9.63. The van der Waals surface area contributed by atoms with Gasteiger partial charge in [-0.2, -0.15) is 0 Å². The predicted molar refractivity (Wildman–Crippen MR) is 140 cm³/mol. The normalized spacial score (nSPS) is 28.8. The van der Waals surface area contributed by atoms with E-state index in [1.54, 1.807) is 24.3 Å². The van der Waals surface area contributed by atoms with Crippen molar-refractivity contribution in [1.82, 2.24) is 0 Å². The van der Waals surface area contributed by atoms with E-state index < -0.39 is 5.97 Å². The molecule has 0 radical (unpaired) electrons. The average Bonchev–Trinajstić information content (AvgIpc) is 3.69. The second-order valence-corrected chi connectivity index (χ2v) is 10.9. The van der Waals surface area contributed by atoms with Gasteiger partial charge in [0.15, 0.2) is 0 Å². The number of aryl methyl sites for hydroxylation is 2. The van der Waals surface area contributed by atoms with Crippen LogP contribution in [0.1, 0.15) is 27.9 Å². The van der Waals surface area contributed by atoms with Crippen molar-refractivity contribution in [1.29, 1.82) is 0 Å². The van der Waals surface area contributed by atoms with Gasteiger partial charge in [0.25, 0.3) is 0 Å². The molecule has 1 heterocycles. The highest BCUT2D eigenvalue weighted by Gasteiger charge is 2.67. The number of carbonyl (C=O) groups is 3. The molecule has 1 aliphatic heterocycles. The lowest BCUT2D eigenvalue weighted by Crippen LogP contribution is -2.40. The molecule has 4 aliphatic carbocycles. The van der Waals surface area contributed by atoms with E-state index in [1.165, 1.54) is 10.5 Å². The van der Waals surface area contributed by atoms with E-state index in [2.05, 4.69) is 43.3 Å². The summed E-state index contributed by atoms with van der Waals surface area (Å²) in [6.07, 6.45) is 5.48. The van der Waals surface area contributed by atoms with Crippen molar-refractivity contribution in [2.45, 2.75) is 20.3 Å². The van der Waals surface area contributed by atoms with E-state index in [9.17, 15) is 14.4 Å². The summed E-state index contributed by atoms with van der Waals surface area (Å²) in [6, 6.07) is 20.7. The molecular formula is C32H27NO4. The second-order valence-electron chi connectivity index (χ2n) is 10.9. The van der Waals surface area contributed by atoms with Crippen LogP contribution in [0.25, 0.3) is 11.1 Å². The monoisotopic (exact) mass is 489 g/mol. The molecule has 5 nitrogen and oxygen atoms in total. The molecule has 5 aliphatic rings. The summed E-state index contributed by atoms with van der Waals surface area (Å²) in [7, 11) is 0. The molecular weight excluding hydrogens is 462 g/mol. The van der Waals surface area contributed by atoms with Crippen LogP contribution in [0.4, 0.5) is 5.69 Å². The molecule has 37 heavy (non-hydrogen) atoms. The standard InChI is InChI=1S/C32H27NO4/c1-17-3-5-19(6-4-17)21-9-14-27(18(2)15-21)37-32(36)20-7-10-22(11-8-20)33-30(34)28-23-12-13-24(26-16-25(23)26)29(28)31(33)35/h3-15,23-26,28-29H,16H2,1-2H3/t23-,24+,25-,26-,28+,29-/m1/s1. The average molecular weight is 490 g/mol. The van der Waals surface area contributed by atoms with Crippen LogP contribution in [0, 0.1) is 49.4 Å². The van der Waals surface area contributed by atoms with Crippen LogP contribution in [0.2, 0.25) is 0 Å². The molecule has 0 unspecified atom stereocenters. The van der Waals surface area contributed by atoms with Gasteiger partial charge in [-0.15, -0.1) is 0 Å². The molecule has 5 heteroatoms. The molecule has 3 aromatic rings. The van der Waals surface area contributed by atoms with Crippen LogP contribution in [-0.2, 0) is 9.59 Å². The maximum atomic E-state index is 13.3. The van der Waals surface area contributed by atoms with Crippen LogP contribution in [0.15, 0.2) is 78.9 Å². The largest absolute Gasteiger partial charge is 0.423 e. The number of esters is 1. The summed E-state index contributed by atoms with van der Waals surface area (Å²) in [6.45, 7) is 3.97. The van der Waals surface area contributed by atoms with Crippen LogP contribution in [0.3, 0.4) is 0 Å². The molecule has 6 atom stereocenters. The summed E-state index contributed by atoms with van der Waals surface area (Å²) in [5.41, 5.74) is 5.12. The molecule has 2 bridgehead atoms. The molecule has 3 aromatic carbocycles. The maximum absolute atomic E-state index is 13.3. The maximum Gasteiger partial charge on any atom is 0.343 e. The Morgan fingerprint density at radius 3 is 1.97 bits per heavy atom. The Kier molecular flexibility index (Phi) is 4.81. The number of benzene rings is 3. The first kappa shape index (κ1) is 22.2. The summed E-state index contributed by atoms with van der Waals surface area (Å²) in [4.78, 5) is 40.9. The number of hydrogen-bond acceptors (Lipinski definition) is 4. The van der Waals surface area contributed by atoms with Crippen molar-refractivity contribution in [3.8, 4) is 16.9 Å². The van der Waals surface area contributed by atoms with Crippen molar-refractivity contribution >= 4 is 23.5 Å². The summed E-state index contributed by atoms with van der Waals surface area (Å²) in [5.74, 6) is 0.877. The Bertz CT molecular complexity index is 1450. The number of imide groups is 1. The third-order valence-electron chi connectivity index (χ3n) is 8.79. The molecule has 0 aromatic heterocycles. The first-order valence-corrected chi connectivity index (χ1v) is 13.0. The van der Waals surface area contributed by atoms with Gasteiger partial charge < -0.3 is 4.74 Å². The van der Waals surface area contributed by atoms with Gasteiger partial charge in [-0.1, -0.05) is 48.0 Å². The van der Waals surface area contributed by atoms with Gasteiger partial charge in [0.05, 0.1) is 23.1 Å². The smallest absolute Gasteiger partial charge is 0.343 e. The third-order valence-corrected chi connectivity index (χ3v) is 8.79. The summed E-state index contributed by atoms with van der Waals surface area (Å²) < 4.78 is 5.68. The molecule has 1 saturated heterocycles. The van der Waals surface area contributed by atoms with Gasteiger partial charge in [0.1, 0.15) is 5.75 Å². The molecule has 0 spiro atoms. The van der Waals surface area contributed by atoms with Gasteiger partial charge in [-0.25, -0.2) is 4.79 Å². The van der Waals surface area contributed by atoms with Gasteiger partial charge in [0, 0.05) is 0 Å². The highest BCUT2D eigenvalue weighted by atomic mass is 16.5. The van der Waals surface area contributed by atoms with Crippen LogP contribution in [0.5, 0.6) is 5.75 Å². The summed E-state index contributed by atoms with van der Waals surface area (Å²) in [5, 5.41) is 0. The second kappa shape index (κ2) is 8.01. The fraction of sp³-hybridized carbons (Fsp3) is 0.281. The third kappa shape index (κ3) is 3.41. The highest BCUT2D eigenvalue weighted by Crippen LogP contribution is 2.65. The topological polar surface area (TPSA) is 63.7 Å².